The molecule has 9 heteroatoms. The molecular weight excluding hydrogens is 357 g/mol. The van der Waals surface area contributed by atoms with Crippen LogP contribution in [0.3, 0.4) is 0 Å². The second kappa shape index (κ2) is 6.94. The van der Waals surface area contributed by atoms with Crippen molar-refractivity contribution in [2.24, 2.45) is 0 Å². The van der Waals surface area contributed by atoms with E-state index in [1.165, 1.54) is 30.6 Å². The van der Waals surface area contributed by atoms with E-state index in [0.29, 0.717) is 22.4 Å². The number of halogens is 4. The fourth-order valence-electron chi connectivity index (χ4n) is 2.00. The molecule has 0 fully saturated rings. The largest absolute Gasteiger partial charge is 0.573 e. The number of rotatable bonds is 4. The minimum absolute atomic E-state index is 0.298. The Bertz CT molecular complexity index is 855. The second-order valence-corrected chi connectivity index (χ2v) is 5.24. The molecule has 2 aromatic heterocycles. The molecule has 0 unspecified atom stereocenters. The van der Waals surface area contributed by atoms with Crippen LogP contribution >= 0.6 is 11.6 Å². The summed E-state index contributed by atoms with van der Waals surface area (Å²) in [6.45, 7) is 0. The summed E-state index contributed by atoms with van der Waals surface area (Å²) in [5, 5.41) is 3.35. The van der Waals surface area contributed by atoms with Crippen LogP contribution in [0, 0.1) is 0 Å². The molecule has 3 aromatic rings. The SMILES string of the molecule is FC(F)(F)Oc1ccc(Nc2cc(-c3ccc(Cl)nc3)ncn2)cc1. The lowest BCUT2D eigenvalue weighted by atomic mass is 10.2. The van der Waals surface area contributed by atoms with Crippen molar-refractivity contribution in [1.82, 2.24) is 15.0 Å². The fraction of sp³-hybridized carbons (Fsp3) is 0.0625. The average Bonchev–Trinajstić information content (AvgIpc) is 2.56. The normalized spacial score (nSPS) is 11.2. The van der Waals surface area contributed by atoms with Crippen LogP contribution in [-0.4, -0.2) is 21.3 Å². The summed E-state index contributed by atoms with van der Waals surface area (Å²) in [6.07, 6.45) is -1.77. The van der Waals surface area contributed by atoms with Gasteiger partial charge in [0.1, 0.15) is 23.0 Å². The van der Waals surface area contributed by atoms with Gasteiger partial charge in [-0.15, -0.1) is 13.2 Å². The molecule has 128 valence electrons. The van der Waals surface area contributed by atoms with Crippen LogP contribution in [0.4, 0.5) is 24.7 Å². The Morgan fingerprint density at radius 3 is 2.36 bits per heavy atom. The summed E-state index contributed by atoms with van der Waals surface area (Å²) in [7, 11) is 0. The zero-order valence-electron chi connectivity index (χ0n) is 12.5. The van der Waals surface area contributed by atoms with Gasteiger partial charge in [0.25, 0.3) is 0 Å². The van der Waals surface area contributed by atoms with Gasteiger partial charge in [-0.3, -0.25) is 0 Å². The van der Waals surface area contributed by atoms with E-state index in [1.807, 2.05) is 0 Å². The molecular formula is C16H10ClF3N4O. The lowest BCUT2D eigenvalue weighted by Crippen LogP contribution is -2.16. The molecule has 0 radical (unpaired) electrons. The maximum absolute atomic E-state index is 12.2. The smallest absolute Gasteiger partial charge is 0.406 e. The molecule has 0 saturated carbocycles. The molecule has 0 spiro atoms. The third-order valence-corrected chi connectivity index (χ3v) is 3.27. The minimum Gasteiger partial charge on any atom is -0.406 e. The van der Waals surface area contributed by atoms with Crippen LogP contribution in [0.2, 0.25) is 5.15 Å². The Kier molecular flexibility index (Phi) is 4.71. The highest BCUT2D eigenvalue weighted by Crippen LogP contribution is 2.26. The summed E-state index contributed by atoms with van der Waals surface area (Å²) in [5.41, 5.74) is 1.93. The molecule has 0 atom stereocenters. The fourth-order valence-corrected chi connectivity index (χ4v) is 2.11. The van der Waals surface area contributed by atoms with Gasteiger partial charge in [0.15, 0.2) is 0 Å². The molecule has 25 heavy (non-hydrogen) atoms. The van der Waals surface area contributed by atoms with Gasteiger partial charge in [-0.05, 0) is 36.4 Å². The molecule has 0 bridgehead atoms. The third kappa shape index (κ3) is 4.80. The van der Waals surface area contributed by atoms with Crippen LogP contribution in [0.5, 0.6) is 5.75 Å². The van der Waals surface area contributed by atoms with E-state index in [4.69, 9.17) is 11.6 Å². The summed E-state index contributed by atoms with van der Waals surface area (Å²) < 4.78 is 40.3. The van der Waals surface area contributed by atoms with Crippen LogP contribution in [0.25, 0.3) is 11.3 Å². The van der Waals surface area contributed by atoms with Crippen LogP contribution in [0.1, 0.15) is 0 Å². The Morgan fingerprint density at radius 2 is 1.72 bits per heavy atom. The summed E-state index contributed by atoms with van der Waals surface area (Å²) in [4.78, 5) is 12.2. The summed E-state index contributed by atoms with van der Waals surface area (Å²) >= 11 is 5.75. The first-order chi connectivity index (χ1) is 11.9. The van der Waals surface area contributed by atoms with Crippen molar-refractivity contribution >= 4 is 23.1 Å². The first-order valence-corrected chi connectivity index (χ1v) is 7.34. The molecule has 3 rings (SSSR count). The zero-order chi connectivity index (χ0) is 17.9. The van der Waals surface area contributed by atoms with Gasteiger partial charge in [-0.1, -0.05) is 11.6 Å². The molecule has 0 amide bonds. The summed E-state index contributed by atoms with van der Waals surface area (Å²) in [5.74, 6) is 0.179. The van der Waals surface area contributed by atoms with Gasteiger partial charge in [-0.2, -0.15) is 0 Å². The van der Waals surface area contributed by atoms with Crippen molar-refractivity contribution in [2.45, 2.75) is 6.36 Å². The molecule has 2 heterocycles. The van der Waals surface area contributed by atoms with E-state index in [-0.39, 0.29) is 5.75 Å². The van der Waals surface area contributed by atoms with Gasteiger partial charge in [-0.25, -0.2) is 15.0 Å². The maximum atomic E-state index is 12.2. The van der Waals surface area contributed by atoms with Gasteiger partial charge in [0.2, 0.25) is 0 Å². The number of anilines is 2. The number of nitrogens with one attached hydrogen (secondary N) is 1. The van der Waals surface area contributed by atoms with E-state index < -0.39 is 6.36 Å². The topological polar surface area (TPSA) is 59.9 Å². The van der Waals surface area contributed by atoms with E-state index >= 15 is 0 Å². The van der Waals surface area contributed by atoms with E-state index in [9.17, 15) is 13.2 Å². The van der Waals surface area contributed by atoms with Crippen molar-refractivity contribution < 1.29 is 17.9 Å². The molecule has 0 aliphatic heterocycles. The van der Waals surface area contributed by atoms with E-state index in [0.717, 1.165) is 5.56 Å². The number of benzene rings is 1. The first-order valence-electron chi connectivity index (χ1n) is 6.96. The Balaban J connectivity index is 1.75. The number of ether oxygens (including phenoxy) is 1. The minimum atomic E-state index is -4.72. The lowest BCUT2D eigenvalue weighted by molar-refractivity contribution is -0.274. The van der Waals surface area contributed by atoms with E-state index in [2.05, 4.69) is 25.0 Å². The molecule has 1 aromatic carbocycles. The second-order valence-electron chi connectivity index (χ2n) is 4.86. The molecule has 0 aliphatic rings. The van der Waals surface area contributed by atoms with Crippen molar-refractivity contribution in [2.75, 3.05) is 5.32 Å². The van der Waals surface area contributed by atoms with Crippen molar-refractivity contribution in [3.05, 3.63) is 60.1 Å². The van der Waals surface area contributed by atoms with Crippen LogP contribution in [0.15, 0.2) is 55.0 Å². The Morgan fingerprint density at radius 1 is 0.960 bits per heavy atom. The monoisotopic (exact) mass is 366 g/mol. The van der Waals surface area contributed by atoms with Crippen LogP contribution in [-0.2, 0) is 0 Å². The quantitative estimate of drug-likeness (QED) is 0.670. The average molecular weight is 367 g/mol. The van der Waals surface area contributed by atoms with Gasteiger partial charge < -0.3 is 10.1 Å². The van der Waals surface area contributed by atoms with Gasteiger partial charge in [0.05, 0.1) is 5.69 Å². The standard InChI is InChI=1S/C16H10ClF3N4O/c17-14-6-1-10(8-21-14)13-7-15(23-9-22-13)24-11-2-4-12(5-3-11)25-16(18,19)20/h1-9H,(H,22,23,24). The summed E-state index contributed by atoms with van der Waals surface area (Å²) in [6, 6.07) is 10.4. The number of hydrogen-bond donors (Lipinski definition) is 1. The zero-order valence-corrected chi connectivity index (χ0v) is 13.2. The Labute approximate surface area is 145 Å². The maximum Gasteiger partial charge on any atom is 0.573 e. The molecule has 0 saturated heterocycles. The number of alkyl halides is 3. The number of pyridine rings is 1. The predicted octanol–water partition coefficient (Wildman–Crippen LogP) is 4.83. The highest BCUT2D eigenvalue weighted by Gasteiger charge is 2.30. The number of hydrogen-bond acceptors (Lipinski definition) is 5. The number of aromatic nitrogens is 3. The highest BCUT2D eigenvalue weighted by molar-refractivity contribution is 6.29. The van der Waals surface area contributed by atoms with Crippen molar-refractivity contribution in [1.29, 1.82) is 0 Å². The predicted molar refractivity (Wildman–Crippen MR) is 86.7 cm³/mol. The van der Waals surface area contributed by atoms with Crippen LogP contribution < -0.4 is 10.1 Å². The Hall–Kier alpha value is -2.87. The van der Waals surface area contributed by atoms with E-state index in [1.54, 1.807) is 24.4 Å². The number of nitrogens with zero attached hydrogens (tertiary/aromatic N) is 3. The van der Waals surface area contributed by atoms with Gasteiger partial charge >= 0.3 is 6.36 Å². The lowest BCUT2D eigenvalue weighted by Gasteiger charge is -2.10. The third-order valence-electron chi connectivity index (χ3n) is 3.05. The molecule has 0 aliphatic carbocycles. The van der Waals surface area contributed by atoms with Crippen molar-refractivity contribution in [3.8, 4) is 17.0 Å². The van der Waals surface area contributed by atoms with Gasteiger partial charge in [0, 0.05) is 23.5 Å². The first kappa shape index (κ1) is 17.0. The highest BCUT2D eigenvalue weighted by atomic mass is 35.5. The van der Waals surface area contributed by atoms with Crippen molar-refractivity contribution in [3.63, 3.8) is 0 Å². The molecule has 1 N–H and O–H groups in total. The molecule has 5 nitrogen and oxygen atoms in total.